The third kappa shape index (κ3) is 25.6. The maximum absolute atomic E-state index is 12.3. The van der Waals surface area contributed by atoms with Gasteiger partial charge in [-0.3, -0.25) is 52.2 Å². The lowest BCUT2D eigenvalue weighted by Gasteiger charge is -2.18. The van der Waals surface area contributed by atoms with E-state index in [0.717, 1.165) is 50.1 Å². The minimum atomic E-state index is -1.27. The molecule has 15 heterocycles. The Morgan fingerprint density at radius 1 is 0.394 bits per heavy atom. The average Bonchev–Trinajstić information content (AvgIpc) is 1.64. The molecule has 5 aliphatic heterocycles. The molecule has 0 amide bonds. The molecule has 20 atom stereocenters. The van der Waals surface area contributed by atoms with E-state index in [1.165, 1.54) is 46.1 Å². The molecule has 10 aromatic rings. The van der Waals surface area contributed by atoms with Crippen LogP contribution >= 0.6 is 46.0 Å². The van der Waals surface area contributed by atoms with Crippen LogP contribution in [0.1, 0.15) is 110 Å². The number of anilines is 5. The van der Waals surface area contributed by atoms with Gasteiger partial charge in [-0.25, -0.2) is 24.9 Å². The molecule has 732 valence electrons. The van der Waals surface area contributed by atoms with Crippen LogP contribution in [0.4, 0.5) is 29.7 Å². The molecule has 0 saturated carbocycles. The Morgan fingerprint density at radius 2 is 0.674 bits per heavy atom. The summed E-state index contributed by atoms with van der Waals surface area (Å²) in [4.78, 5) is 95.2. The van der Waals surface area contributed by atoms with Gasteiger partial charge >= 0.3 is 0 Å². The number of rotatable bonds is 32. The number of aliphatic hydroxyl groups is 9. The number of unbranched alkanes of at least 4 members (excludes halogenated alkanes) is 1. The zero-order valence-electron chi connectivity index (χ0n) is 77.5. The number of hydrogen-bond acceptors (Lipinski definition) is 36. The topological polar surface area (TPSA) is 613 Å². The Balaban J connectivity index is 0.000000159. The van der Waals surface area contributed by atoms with Crippen molar-refractivity contribution in [3.63, 3.8) is 0 Å². The third-order valence-corrected chi connectivity index (χ3v) is 30.2. The van der Waals surface area contributed by atoms with Gasteiger partial charge in [-0.05, 0) is 156 Å². The Labute approximate surface area is 769 Å². The van der Waals surface area contributed by atoms with Crippen molar-refractivity contribution in [3.8, 4) is 11.8 Å². The first-order valence-corrected chi connectivity index (χ1v) is 59.5. The molecule has 50 heteroatoms. The number of nitrogen functional groups attached to an aromatic ring is 2. The van der Waals surface area contributed by atoms with E-state index in [4.69, 9.17) is 56.2 Å². The summed E-state index contributed by atoms with van der Waals surface area (Å²) < 4.78 is 48.2. The molecule has 5 saturated heterocycles. The van der Waals surface area contributed by atoms with Crippen LogP contribution in [0.15, 0.2) is 46.0 Å². The van der Waals surface area contributed by atoms with E-state index >= 15 is 0 Å². The number of ether oxygens (including phenoxy) is 7. The number of aromatic nitrogens is 20. The Bertz CT molecular complexity index is 6040. The number of fused-ring (bicyclic) bond motifs is 5. The molecule has 132 heavy (non-hydrogen) atoms. The summed E-state index contributed by atoms with van der Waals surface area (Å²) in [6.45, 7) is 25.2. The van der Waals surface area contributed by atoms with Crippen LogP contribution in [-0.4, -0.2) is 397 Å². The second kappa shape index (κ2) is 44.0. The number of hydrogen-bond donors (Lipinski definition) is 17. The molecule has 0 aliphatic carbocycles. The van der Waals surface area contributed by atoms with Crippen LogP contribution in [0.25, 0.3) is 55.8 Å². The highest BCUT2D eigenvalue weighted by atomic mass is 35.5. The largest absolute Gasteiger partial charge is 0.479 e. The van der Waals surface area contributed by atoms with Gasteiger partial charge in [0.15, 0.2) is 87.0 Å². The maximum Gasteiger partial charge on any atom is 0.280 e. The summed E-state index contributed by atoms with van der Waals surface area (Å²) in [7, 11) is 1.46. The van der Waals surface area contributed by atoms with Crippen molar-refractivity contribution in [1.82, 2.24) is 97.6 Å². The predicted molar refractivity (Wildman–Crippen MR) is 528 cm³/mol. The van der Waals surface area contributed by atoms with Gasteiger partial charge in [-0.15, -0.1) is 77.5 Å². The quantitative estimate of drug-likeness (QED) is 0.0161. The number of nitrogens with zero attached hydrogens (tertiary/aromatic N) is 17. The molecule has 0 radical (unpaired) electrons. The van der Waals surface area contributed by atoms with E-state index in [0.29, 0.717) is 121 Å². The molecule has 0 spiro atoms. The third-order valence-electron chi connectivity index (χ3n) is 22.4. The zero-order chi connectivity index (χ0) is 96.7. The first-order valence-electron chi connectivity index (χ1n) is 43.7. The molecule has 0 bridgehead atoms. The molecule has 10 aromatic heterocycles. The SMILES string of the molecule is C=P(C)(C)CC[C@H]1O[C@@H](n2cnc3c(=O)[nH]c(NCC)nc32)[C@H](O)[C@@H]1O.C=P(C)(C)CC[C@H]1O[C@@H](n2cnc3c(=O)[nH]c(NCCC)nc32)[C@H](O)[C@@H]1O.C=P(C)(C)CC[C@H]1O[C@@H](n2cnc3c(=O)[nH]c(NCCCC)nc32)[C@H](O)[C@@H]1O.C=P(C)(C)CC[C@H]1O[C@@H](n2cnc3c(OC)nc(N)nc32)[C@H](O)[C@@H]1O.C=P(C)(C)CC[C@H]1O[C@@H](n2cnc3c(OCC)nc(N)nc32)[C@H](Cl)[C@@H]1O. The van der Waals surface area contributed by atoms with Crippen molar-refractivity contribution >= 4 is 163 Å². The second-order valence-corrected chi connectivity index (χ2v) is 59.0. The van der Waals surface area contributed by atoms with Gasteiger partial charge in [0, 0.05) is 19.6 Å². The van der Waals surface area contributed by atoms with Gasteiger partial charge in [-0.2, -0.15) is 34.9 Å². The zero-order valence-corrected chi connectivity index (χ0v) is 82.7. The van der Waals surface area contributed by atoms with Crippen LogP contribution in [0, 0.1) is 0 Å². The standard InChI is InChI=1S/C18H30N5O4P.C17H28N5O4P.C16H25ClN5O3P.C16H26N5O4P.C15H24N5O4P/c1-5-6-8-19-18-21-15-12(16(26)22-18)20-10-23(15)17-14(25)13(24)11(27-17)7-9-28(2,3)4;1-5-7-18-17-20-14-11(15(25)21-17)19-9-22(14)16-13(24)12(23)10(26-16)6-8-27(2,3)4;1-5-24-14-11-13(20-16(18)21-14)22(8-19-11)15-10(17)12(23)9(25-15)6-7-26(2,3)4;1-5-17-16-19-13-10(14(24)20-16)18-8-21(13)15-12(23)11(22)9(25-15)6-7-26(2,3)4;1-23-13-9-12(18-15(16)19-13)20(7-17-9)14-11(22)10(21)8(24-14)5-6-25(2,3)4/h10-11,13-14,17,24-25H,2,5-9H2,1,3-4H3,(H2,19,21,22,26);9-10,12-13,16,23-24H,2,5-8H2,1,3-4H3,(H2,18,20,21,25);8-10,12,15,23H,2,5-7H2,1,3-4H3,(H2,18,20,21);8-9,11-12,15,22-23H,2,5-7H2,1,3-4H3,(H2,17,19,20,24);7-8,10-11,14,21-22H,2,5-6H2,1,3-4H3,(H2,16,18,19)/t11-,13-,14-,17-;10-,12-,13-,16-;9-,10-,12-,15-;9-,11-,12-,15-;8-,10-,11-,14-/m11111/s1. The van der Waals surface area contributed by atoms with Crippen molar-refractivity contribution in [2.75, 3.05) is 158 Å². The number of alkyl halides is 1. The second-order valence-electron chi connectivity index (χ2n) is 36.9. The van der Waals surface area contributed by atoms with Crippen LogP contribution in [0.2, 0.25) is 0 Å². The fourth-order valence-electron chi connectivity index (χ4n) is 15.3. The fraction of sp³-hybridized carbons (Fsp3) is 0.634. The minimum Gasteiger partial charge on any atom is -0.479 e. The summed E-state index contributed by atoms with van der Waals surface area (Å²) in [5.74, 6) is 1.67. The maximum atomic E-state index is 12.3. The number of halogens is 1. The van der Waals surface area contributed by atoms with Crippen LogP contribution < -0.4 is 53.6 Å². The smallest absolute Gasteiger partial charge is 0.280 e. The van der Waals surface area contributed by atoms with E-state index in [-0.39, 0.29) is 57.1 Å². The first kappa shape index (κ1) is 104. The van der Waals surface area contributed by atoms with Crippen molar-refractivity contribution in [2.24, 2.45) is 0 Å². The highest BCUT2D eigenvalue weighted by Crippen LogP contribution is 2.47. The molecule has 19 N–H and O–H groups in total. The summed E-state index contributed by atoms with van der Waals surface area (Å²) in [6, 6.07) is 0. The fourth-order valence-corrected chi connectivity index (χ4v) is 20.4. The summed E-state index contributed by atoms with van der Waals surface area (Å²) in [6.07, 6.45) is 22.9. The Hall–Kier alpha value is -8.02. The molecular formula is C82H133ClN25O19P5. The number of imidazole rings is 5. The summed E-state index contributed by atoms with van der Waals surface area (Å²) in [5.41, 5.74) is 13.5. The van der Waals surface area contributed by atoms with Crippen LogP contribution in [0.5, 0.6) is 11.8 Å². The molecule has 5 aliphatic rings. The highest BCUT2D eigenvalue weighted by molar-refractivity contribution is 7.73. The number of aliphatic hydroxyl groups excluding tert-OH is 9. The monoisotopic (exact) mass is 1960 g/mol. The van der Waals surface area contributed by atoms with Crippen LogP contribution in [0.3, 0.4) is 0 Å². The van der Waals surface area contributed by atoms with Crippen molar-refractivity contribution in [2.45, 2.75) is 201 Å². The lowest BCUT2D eigenvalue weighted by molar-refractivity contribution is -0.0353. The molecule has 15 rings (SSSR count). The van der Waals surface area contributed by atoms with Gasteiger partial charge in [0.05, 0.1) is 75.9 Å². The van der Waals surface area contributed by atoms with E-state index in [1.807, 2.05) is 20.8 Å². The number of aromatic amines is 3. The highest BCUT2D eigenvalue weighted by Gasteiger charge is 2.50. The number of nitrogens with two attached hydrogens (primary N) is 2. The molecular weight excluding hydrogens is 1830 g/mol. The molecule has 0 unspecified atom stereocenters. The van der Waals surface area contributed by atoms with E-state index in [9.17, 15) is 60.3 Å². The van der Waals surface area contributed by atoms with E-state index in [2.05, 4.69) is 196 Å². The summed E-state index contributed by atoms with van der Waals surface area (Å²) in [5, 5.41) is 102. The van der Waals surface area contributed by atoms with Crippen molar-refractivity contribution < 1.29 is 79.1 Å². The summed E-state index contributed by atoms with van der Waals surface area (Å²) >= 11 is 6.47. The van der Waals surface area contributed by atoms with Gasteiger partial charge in [0.1, 0.15) is 60.3 Å². The lowest BCUT2D eigenvalue weighted by atomic mass is 10.1. The van der Waals surface area contributed by atoms with Gasteiger partial charge < -0.3 is 107 Å². The van der Waals surface area contributed by atoms with Gasteiger partial charge in [0.2, 0.25) is 41.5 Å². The Morgan fingerprint density at radius 3 is 0.977 bits per heavy atom. The minimum absolute atomic E-state index is 0.0271. The van der Waals surface area contributed by atoms with Gasteiger partial charge in [-0.1, -0.05) is 20.3 Å². The van der Waals surface area contributed by atoms with E-state index in [1.54, 1.807) is 15.5 Å². The van der Waals surface area contributed by atoms with Gasteiger partial charge in [0.25, 0.3) is 16.7 Å². The molecule has 44 nitrogen and oxygen atoms in total. The van der Waals surface area contributed by atoms with Crippen molar-refractivity contribution in [1.29, 1.82) is 0 Å². The molecule has 5 fully saturated rings. The molecule has 0 aromatic carbocycles. The van der Waals surface area contributed by atoms with Crippen molar-refractivity contribution in [3.05, 3.63) is 62.7 Å². The van der Waals surface area contributed by atoms with Crippen LogP contribution in [-0.2, 0) is 23.7 Å². The Kier molecular flexibility index (Phi) is 34.8. The number of nitrogens with one attached hydrogen (secondary N) is 6. The number of H-pyrrole nitrogens is 3. The predicted octanol–water partition coefficient (Wildman–Crippen LogP) is 3.89. The lowest BCUT2D eigenvalue weighted by Crippen LogP contribution is -2.32. The van der Waals surface area contributed by atoms with E-state index < -0.39 is 150 Å². The number of methoxy groups -OCH3 is 1. The average molecular weight is 1960 g/mol. The first-order chi connectivity index (χ1) is 62.0. The normalized spacial score (nSPS) is 26.3.